The third-order valence-electron chi connectivity index (χ3n) is 5.13. The van der Waals surface area contributed by atoms with Gasteiger partial charge in [0.2, 0.25) is 21.8 Å². The maximum atomic E-state index is 13.6. The van der Waals surface area contributed by atoms with Crippen LogP contribution in [0.3, 0.4) is 0 Å². The van der Waals surface area contributed by atoms with Gasteiger partial charge in [-0.2, -0.15) is 0 Å². The van der Waals surface area contributed by atoms with Gasteiger partial charge in [-0.15, -0.1) is 0 Å². The van der Waals surface area contributed by atoms with Gasteiger partial charge in [0.15, 0.2) is 0 Å². The molecule has 0 saturated heterocycles. The lowest BCUT2D eigenvalue weighted by molar-refractivity contribution is -0.140. The lowest BCUT2D eigenvalue weighted by Crippen LogP contribution is -2.52. The summed E-state index contributed by atoms with van der Waals surface area (Å²) in [4.78, 5) is 27.9. The first-order valence-electron chi connectivity index (χ1n) is 10.8. The van der Waals surface area contributed by atoms with Gasteiger partial charge in [-0.05, 0) is 48.7 Å². The van der Waals surface area contributed by atoms with Crippen LogP contribution in [0.15, 0.2) is 36.4 Å². The number of hydrogen-bond donors (Lipinski definition) is 1. The van der Waals surface area contributed by atoms with E-state index in [1.165, 1.54) is 23.1 Å². The van der Waals surface area contributed by atoms with Gasteiger partial charge in [-0.1, -0.05) is 66.3 Å². The van der Waals surface area contributed by atoms with Gasteiger partial charge in [0.1, 0.15) is 12.6 Å². The summed E-state index contributed by atoms with van der Waals surface area (Å²) in [5.74, 6) is -0.939. The van der Waals surface area contributed by atoms with Gasteiger partial charge >= 0.3 is 0 Å². The van der Waals surface area contributed by atoms with Crippen molar-refractivity contribution in [2.45, 2.75) is 39.3 Å². The summed E-state index contributed by atoms with van der Waals surface area (Å²) in [6.07, 6.45) is 1.99. The van der Waals surface area contributed by atoms with Crippen molar-refractivity contribution in [2.24, 2.45) is 0 Å². The van der Waals surface area contributed by atoms with Crippen LogP contribution in [-0.4, -0.2) is 50.5 Å². The first-order valence-corrected chi connectivity index (χ1v) is 14.2. The van der Waals surface area contributed by atoms with Crippen LogP contribution in [0.4, 0.5) is 5.69 Å². The number of anilines is 1. The van der Waals surface area contributed by atoms with E-state index in [9.17, 15) is 18.0 Å². The van der Waals surface area contributed by atoms with Gasteiger partial charge in [0.25, 0.3) is 0 Å². The van der Waals surface area contributed by atoms with Crippen molar-refractivity contribution < 1.29 is 18.0 Å². The maximum Gasteiger partial charge on any atom is 0.244 e. The van der Waals surface area contributed by atoms with Crippen LogP contribution in [0.2, 0.25) is 20.1 Å². The minimum absolute atomic E-state index is 0.00859. The van der Waals surface area contributed by atoms with E-state index in [1.54, 1.807) is 25.1 Å². The van der Waals surface area contributed by atoms with E-state index in [-0.39, 0.29) is 28.2 Å². The Morgan fingerprint density at radius 3 is 2.20 bits per heavy atom. The molecule has 192 valence electrons. The SMILES string of the molecule is CCCNC(=O)[C@H](CC)N(Cc1ccc(Cl)c(Cl)c1)C(=O)CN(c1cc(Cl)ccc1Cl)S(C)(=O)=O. The van der Waals surface area contributed by atoms with Gasteiger partial charge in [-0.25, -0.2) is 8.42 Å². The van der Waals surface area contributed by atoms with E-state index in [0.29, 0.717) is 28.6 Å². The molecule has 12 heteroatoms. The predicted octanol–water partition coefficient (Wildman–Crippen LogP) is 5.40. The van der Waals surface area contributed by atoms with Crippen molar-refractivity contribution in [3.63, 3.8) is 0 Å². The van der Waals surface area contributed by atoms with Crippen molar-refractivity contribution in [1.82, 2.24) is 10.2 Å². The number of hydrogen-bond acceptors (Lipinski definition) is 4. The molecule has 0 heterocycles. The highest BCUT2D eigenvalue weighted by Gasteiger charge is 2.32. The molecule has 1 N–H and O–H groups in total. The van der Waals surface area contributed by atoms with E-state index in [4.69, 9.17) is 46.4 Å². The Morgan fingerprint density at radius 2 is 1.63 bits per heavy atom. The monoisotopic (exact) mass is 581 g/mol. The minimum atomic E-state index is -3.93. The number of nitrogens with one attached hydrogen (secondary N) is 1. The molecule has 0 bridgehead atoms. The van der Waals surface area contributed by atoms with Gasteiger partial charge in [-0.3, -0.25) is 13.9 Å². The second kappa shape index (κ2) is 13.0. The van der Waals surface area contributed by atoms with Crippen LogP contribution in [0.1, 0.15) is 32.3 Å². The third-order valence-corrected chi connectivity index (χ3v) is 7.55. The molecule has 2 rings (SSSR count). The number of nitrogens with zero attached hydrogens (tertiary/aromatic N) is 2. The fourth-order valence-corrected chi connectivity index (χ4v) is 5.00. The Bertz CT molecular complexity index is 1180. The Balaban J connectivity index is 2.49. The number of halogens is 4. The molecule has 2 aromatic rings. The number of carbonyl (C=O) groups excluding carboxylic acids is 2. The summed E-state index contributed by atoms with van der Waals surface area (Å²) < 4.78 is 26.2. The summed E-state index contributed by atoms with van der Waals surface area (Å²) in [6, 6.07) is 8.36. The fourth-order valence-electron chi connectivity index (χ4n) is 3.39. The Morgan fingerprint density at radius 1 is 0.971 bits per heavy atom. The summed E-state index contributed by atoms with van der Waals surface area (Å²) >= 11 is 24.5. The number of rotatable bonds is 11. The van der Waals surface area contributed by atoms with Gasteiger partial charge < -0.3 is 10.2 Å². The Hall–Kier alpha value is -1.71. The average Bonchev–Trinajstić information content (AvgIpc) is 2.79. The summed E-state index contributed by atoms with van der Waals surface area (Å²) in [6.45, 7) is 3.55. The molecule has 0 aliphatic rings. The van der Waals surface area contributed by atoms with Crippen molar-refractivity contribution >= 4 is 73.9 Å². The number of sulfonamides is 1. The Kier molecular flexibility index (Phi) is 11.0. The molecule has 0 saturated carbocycles. The molecule has 2 amide bonds. The average molecular weight is 583 g/mol. The van der Waals surface area contributed by atoms with E-state index < -0.39 is 28.5 Å². The van der Waals surface area contributed by atoms with Crippen molar-refractivity contribution in [1.29, 1.82) is 0 Å². The van der Waals surface area contributed by atoms with E-state index in [2.05, 4.69) is 5.32 Å². The molecule has 35 heavy (non-hydrogen) atoms. The van der Waals surface area contributed by atoms with Crippen LogP contribution in [-0.2, 0) is 26.2 Å². The number of benzene rings is 2. The molecule has 0 radical (unpaired) electrons. The van der Waals surface area contributed by atoms with Crippen molar-refractivity contribution in [2.75, 3.05) is 23.7 Å². The van der Waals surface area contributed by atoms with Crippen LogP contribution in [0.25, 0.3) is 0 Å². The lowest BCUT2D eigenvalue weighted by Gasteiger charge is -2.33. The topological polar surface area (TPSA) is 86.8 Å². The fraction of sp³-hybridized carbons (Fsp3) is 0.391. The van der Waals surface area contributed by atoms with E-state index in [1.807, 2.05) is 6.92 Å². The van der Waals surface area contributed by atoms with Crippen LogP contribution < -0.4 is 9.62 Å². The van der Waals surface area contributed by atoms with E-state index in [0.717, 1.165) is 17.0 Å². The number of carbonyl (C=O) groups is 2. The molecule has 7 nitrogen and oxygen atoms in total. The zero-order chi connectivity index (χ0) is 26.3. The molecule has 0 aromatic heterocycles. The second-order valence-corrected chi connectivity index (χ2v) is 11.4. The first kappa shape index (κ1) is 29.5. The molecule has 0 spiro atoms. The van der Waals surface area contributed by atoms with E-state index >= 15 is 0 Å². The molecule has 0 aliphatic carbocycles. The molecule has 0 fully saturated rings. The van der Waals surface area contributed by atoms with Gasteiger partial charge in [0, 0.05) is 18.1 Å². The first-order chi connectivity index (χ1) is 16.4. The zero-order valence-corrected chi connectivity index (χ0v) is 23.4. The van der Waals surface area contributed by atoms with Crippen molar-refractivity contribution in [3.8, 4) is 0 Å². The normalized spacial score (nSPS) is 12.2. The predicted molar refractivity (Wildman–Crippen MR) is 143 cm³/mol. The number of amides is 2. The summed E-state index contributed by atoms with van der Waals surface area (Å²) in [5, 5.41) is 3.81. The minimum Gasteiger partial charge on any atom is -0.354 e. The highest BCUT2D eigenvalue weighted by molar-refractivity contribution is 7.92. The standard InChI is InChI=1S/C23H27Cl4N3O4S/c1-4-10-28-23(32)20(5-2)29(13-15-6-8-17(25)19(27)11-15)22(31)14-30(35(3,33)34)21-12-16(24)7-9-18(21)26/h6-9,11-12,20H,4-5,10,13-14H2,1-3H3,(H,28,32)/t20-/m0/s1. The maximum absolute atomic E-state index is 13.6. The molecule has 0 unspecified atom stereocenters. The lowest BCUT2D eigenvalue weighted by atomic mass is 10.1. The zero-order valence-electron chi connectivity index (χ0n) is 19.5. The summed E-state index contributed by atoms with van der Waals surface area (Å²) in [7, 11) is -3.93. The third kappa shape index (κ3) is 8.15. The van der Waals surface area contributed by atoms with Gasteiger partial charge in [0.05, 0.1) is 27.0 Å². The van der Waals surface area contributed by atoms with Crippen LogP contribution in [0.5, 0.6) is 0 Å². The second-order valence-electron chi connectivity index (χ2n) is 7.85. The highest BCUT2D eigenvalue weighted by atomic mass is 35.5. The molecule has 2 aromatic carbocycles. The molecule has 0 aliphatic heterocycles. The highest BCUT2D eigenvalue weighted by Crippen LogP contribution is 2.31. The summed E-state index contributed by atoms with van der Waals surface area (Å²) in [5.41, 5.74) is 0.689. The molecular weight excluding hydrogens is 556 g/mol. The smallest absolute Gasteiger partial charge is 0.244 e. The van der Waals surface area contributed by atoms with Crippen LogP contribution >= 0.6 is 46.4 Å². The molecule has 1 atom stereocenters. The Labute approximate surface area is 226 Å². The molecular formula is C23H27Cl4N3O4S. The quantitative estimate of drug-likeness (QED) is 0.384. The largest absolute Gasteiger partial charge is 0.354 e. The van der Waals surface area contributed by atoms with Crippen LogP contribution in [0, 0.1) is 0 Å². The van der Waals surface area contributed by atoms with Crippen molar-refractivity contribution in [3.05, 3.63) is 62.1 Å².